The summed E-state index contributed by atoms with van der Waals surface area (Å²) in [4.78, 5) is 4.13. The van der Waals surface area contributed by atoms with Crippen molar-refractivity contribution in [3.05, 3.63) is 30.0 Å². The third-order valence-corrected chi connectivity index (χ3v) is 1.18. The first-order chi connectivity index (χ1) is 4.30. The molecule has 0 spiro atoms. The third-order valence-electron chi connectivity index (χ3n) is 1.18. The molecule has 0 bridgehead atoms. The van der Waals surface area contributed by atoms with Crippen LogP contribution in [-0.4, -0.2) is 12.3 Å². The van der Waals surface area contributed by atoms with E-state index in [0.717, 1.165) is 5.57 Å². The highest BCUT2D eigenvalue weighted by Gasteiger charge is 2.00. The van der Waals surface area contributed by atoms with Crippen molar-refractivity contribution in [2.24, 2.45) is 4.99 Å². The van der Waals surface area contributed by atoms with Gasteiger partial charge in [-0.15, -0.1) is 5.73 Å². The van der Waals surface area contributed by atoms with Gasteiger partial charge in [0.25, 0.3) is 0 Å². The molecule has 0 aromatic heterocycles. The van der Waals surface area contributed by atoms with Crippen LogP contribution in [0.2, 0.25) is 0 Å². The Kier molecular flexibility index (Phi) is 1.66. The van der Waals surface area contributed by atoms with E-state index < -0.39 is 0 Å². The lowest BCUT2D eigenvalue weighted by atomic mass is 10.1. The summed E-state index contributed by atoms with van der Waals surface area (Å²) in [6, 6.07) is 0.162. The molecule has 0 N–H and O–H groups in total. The number of nitrogens with zero attached hydrogens (tertiary/aromatic N) is 1. The van der Waals surface area contributed by atoms with E-state index in [1.54, 1.807) is 12.3 Å². The fourth-order valence-corrected chi connectivity index (χ4v) is 0.638. The fraction of sp³-hybridized carbons (Fsp3) is 0.250. The minimum Gasteiger partial charge on any atom is -0.280 e. The van der Waals surface area contributed by atoms with Crippen LogP contribution in [0, 0.1) is 0 Å². The van der Waals surface area contributed by atoms with E-state index in [0.29, 0.717) is 0 Å². The van der Waals surface area contributed by atoms with E-state index in [4.69, 9.17) is 0 Å². The minimum absolute atomic E-state index is 0.162. The van der Waals surface area contributed by atoms with Crippen LogP contribution >= 0.6 is 0 Å². The van der Waals surface area contributed by atoms with Crippen molar-refractivity contribution < 1.29 is 0 Å². The lowest BCUT2D eigenvalue weighted by Gasteiger charge is -2.04. The molecule has 0 amide bonds. The van der Waals surface area contributed by atoms with Gasteiger partial charge in [0.1, 0.15) is 0 Å². The molecule has 0 unspecified atom stereocenters. The van der Waals surface area contributed by atoms with Crippen LogP contribution in [0.5, 0.6) is 0 Å². The summed E-state index contributed by atoms with van der Waals surface area (Å²) < 4.78 is 0. The van der Waals surface area contributed by atoms with E-state index in [1.807, 2.05) is 13.0 Å². The molecule has 0 aromatic rings. The molecule has 1 aliphatic heterocycles. The van der Waals surface area contributed by atoms with Gasteiger partial charge >= 0.3 is 0 Å². The van der Waals surface area contributed by atoms with Crippen molar-refractivity contribution in [3.63, 3.8) is 0 Å². The zero-order chi connectivity index (χ0) is 6.69. The SMILES string of the molecule is C=C(C)[C@H]1C=C=CC=N1. The average Bonchev–Trinajstić information content (AvgIpc) is 1.90. The van der Waals surface area contributed by atoms with Crippen LogP contribution in [0.15, 0.2) is 35.0 Å². The molecule has 9 heavy (non-hydrogen) atoms. The van der Waals surface area contributed by atoms with Crippen molar-refractivity contribution in [1.82, 2.24) is 0 Å². The molecule has 1 heterocycles. The molecule has 0 saturated heterocycles. The molecule has 1 nitrogen and oxygen atoms in total. The van der Waals surface area contributed by atoms with Crippen LogP contribution in [0.3, 0.4) is 0 Å². The Hall–Kier alpha value is -1.07. The van der Waals surface area contributed by atoms with E-state index in [2.05, 4.69) is 17.3 Å². The molecule has 1 heteroatoms. The van der Waals surface area contributed by atoms with Crippen molar-refractivity contribution >= 4 is 6.21 Å². The molecule has 0 aliphatic carbocycles. The maximum Gasteiger partial charge on any atom is 0.0958 e. The second-order valence-corrected chi connectivity index (χ2v) is 2.09. The topological polar surface area (TPSA) is 12.4 Å². The smallest absolute Gasteiger partial charge is 0.0958 e. The second kappa shape index (κ2) is 2.47. The predicted octanol–water partition coefficient (Wildman–Crippen LogP) is 1.73. The van der Waals surface area contributed by atoms with E-state index in [1.165, 1.54) is 0 Å². The summed E-state index contributed by atoms with van der Waals surface area (Å²) in [5.74, 6) is 0. The zero-order valence-electron chi connectivity index (χ0n) is 5.46. The maximum atomic E-state index is 4.13. The van der Waals surface area contributed by atoms with E-state index in [-0.39, 0.29) is 6.04 Å². The van der Waals surface area contributed by atoms with Gasteiger partial charge in [-0.3, -0.25) is 4.99 Å². The van der Waals surface area contributed by atoms with Gasteiger partial charge < -0.3 is 0 Å². The van der Waals surface area contributed by atoms with Gasteiger partial charge in [0.05, 0.1) is 6.04 Å². The summed E-state index contributed by atoms with van der Waals surface area (Å²) in [7, 11) is 0. The van der Waals surface area contributed by atoms with Gasteiger partial charge in [0.15, 0.2) is 0 Å². The number of hydrogen-bond acceptors (Lipinski definition) is 1. The largest absolute Gasteiger partial charge is 0.280 e. The highest BCUT2D eigenvalue weighted by Crippen LogP contribution is 2.05. The zero-order valence-corrected chi connectivity index (χ0v) is 5.46. The van der Waals surface area contributed by atoms with Gasteiger partial charge in [-0.25, -0.2) is 0 Å². The number of rotatable bonds is 1. The summed E-state index contributed by atoms with van der Waals surface area (Å²) in [5.41, 5.74) is 4.02. The summed E-state index contributed by atoms with van der Waals surface area (Å²) in [6.07, 6.45) is 5.45. The summed E-state index contributed by atoms with van der Waals surface area (Å²) >= 11 is 0. The van der Waals surface area contributed by atoms with Gasteiger partial charge in [-0.05, 0) is 19.1 Å². The van der Waals surface area contributed by atoms with Gasteiger partial charge in [0, 0.05) is 6.21 Å². The number of hydrogen-bond donors (Lipinski definition) is 0. The second-order valence-electron chi connectivity index (χ2n) is 2.09. The molecule has 0 radical (unpaired) electrons. The summed E-state index contributed by atoms with van der Waals surface area (Å²) in [5, 5.41) is 0. The average molecular weight is 119 g/mol. The van der Waals surface area contributed by atoms with Gasteiger partial charge in [-0.2, -0.15) is 0 Å². The van der Waals surface area contributed by atoms with Crippen molar-refractivity contribution in [2.45, 2.75) is 13.0 Å². The van der Waals surface area contributed by atoms with Crippen LogP contribution in [-0.2, 0) is 0 Å². The monoisotopic (exact) mass is 119 g/mol. The molecule has 0 saturated carbocycles. The molecular weight excluding hydrogens is 110 g/mol. The van der Waals surface area contributed by atoms with Crippen LogP contribution in [0.25, 0.3) is 0 Å². The fourth-order valence-electron chi connectivity index (χ4n) is 0.638. The summed E-state index contributed by atoms with van der Waals surface area (Å²) in [6.45, 7) is 5.74. The van der Waals surface area contributed by atoms with Crippen molar-refractivity contribution in [3.8, 4) is 0 Å². The van der Waals surface area contributed by atoms with Crippen LogP contribution < -0.4 is 0 Å². The minimum atomic E-state index is 0.162. The molecule has 1 rings (SSSR count). The Morgan fingerprint density at radius 3 is 2.89 bits per heavy atom. The normalized spacial score (nSPS) is 22.6. The standard InChI is InChI=1S/C8H9N/c1-7(2)8-5-3-4-6-9-8/h4-6,8H,1H2,2H3/t8-/m1/s1. The highest BCUT2D eigenvalue weighted by molar-refractivity contribution is 5.72. The van der Waals surface area contributed by atoms with E-state index in [9.17, 15) is 0 Å². The first-order valence-corrected chi connectivity index (χ1v) is 2.90. The first-order valence-electron chi connectivity index (χ1n) is 2.90. The number of aliphatic imine (C=N–C) groups is 1. The van der Waals surface area contributed by atoms with Crippen LogP contribution in [0.4, 0.5) is 0 Å². The predicted molar refractivity (Wildman–Crippen MR) is 39.7 cm³/mol. The molecular formula is C8H9N. The van der Waals surface area contributed by atoms with Gasteiger partial charge in [0.2, 0.25) is 0 Å². The lowest BCUT2D eigenvalue weighted by molar-refractivity contribution is 0.959. The lowest BCUT2D eigenvalue weighted by Crippen LogP contribution is -2.01. The van der Waals surface area contributed by atoms with Crippen molar-refractivity contribution in [1.29, 1.82) is 0 Å². The van der Waals surface area contributed by atoms with Gasteiger partial charge in [-0.1, -0.05) is 12.2 Å². The van der Waals surface area contributed by atoms with Crippen LogP contribution in [0.1, 0.15) is 6.92 Å². The Morgan fingerprint density at radius 2 is 2.56 bits per heavy atom. The van der Waals surface area contributed by atoms with E-state index >= 15 is 0 Å². The Bertz CT molecular complexity index is 205. The molecule has 1 atom stereocenters. The Morgan fingerprint density at radius 1 is 1.78 bits per heavy atom. The third kappa shape index (κ3) is 1.41. The molecule has 0 aromatic carbocycles. The Labute approximate surface area is 55.1 Å². The van der Waals surface area contributed by atoms with Crippen molar-refractivity contribution in [2.75, 3.05) is 0 Å². The Balaban J connectivity index is 2.76. The maximum absolute atomic E-state index is 4.13. The highest BCUT2D eigenvalue weighted by atomic mass is 14.8. The molecule has 1 aliphatic rings. The first kappa shape index (κ1) is 6.06. The molecule has 0 fully saturated rings. The molecule has 46 valence electrons. The quantitative estimate of drug-likeness (QED) is 0.368.